The van der Waals surface area contributed by atoms with E-state index < -0.39 is 0 Å². The van der Waals surface area contributed by atoms with Gasteiger partial charge in [0.2, 0.25) is 11.8 Å². The zero-order valence-corrected chi connectivity index (χ0v) is 18.5. The van der Waals surface area contributed by atoms with E-state index >= 15 is 0 Å². The first-order chi connectivity index (χ1) is 16.0. The first kappa shape index (κ1) is 21.8. The molecule has 0 fully saturated rings. The molecule has 1 aliphatic rings. The van der Waals surface area contributed by atoms with Crippen molar-refractivity contribution >= 4 is 34.6 Å². The summed E-state index contributed by atoms with van der Waals surface area (Å²) in [5, 5.41) is 6.33. The van der Waals surface area contributed by atoms with Crippen molar-refractivity contribution in [2.24, 2.45) is 0 Å². The normalized spacial score (nSPS) is 12.2. The zero-order valence-electron chi connectivity index (χ0n) is 18.5. The van der Waals surface area contributed by atoms with Crippen LogP contribution in [0, 0.1) is 0 Å². The Balaban J connectivity index is 1.64. The van der Waals surface area contributed by atoms with E-state index in [9.17, 15) is 4.79 Å². The lowest BCUT2D eigenvalue weighted by atomic mass is 10.1. The molecule has 9 nitrogen and oxygen atoms in total. The van der Waals surface area contributed by atoms with E-state index in [4.69, 9.17) is 9.47 Å². The van der Waals surface area contributed by atoms with E-state index in [-0.39, 0.29) is 5.78 Å². The van der Waals surface area contributed by atoms with Gasteiger partial charge >= 0.3 is 0 Å². The fourth-order valence-electron chi connectivity index (χ4n) is 3.34. The van der Waals surface area contributed by atoms with Gasteiger partial charge in [0.15, 0.2) is 5.78 Å². The molecule has 0 saturated heterocycles. The number of ketones is 1. The maximum Gasteiger partial charge on any atom is 0.229 e. The number of fused-ring (bicyclic) bond motifs is 1. The first-order valence-corrected chi connectivity index (χ1v) is 10.3. The average molecular weight is 444 g/mol. The van der Waals surface area contributed by atoms with E-state index in [1.165, 1.54) is 13.1 Å². The van der Waals surface area contributed by atoms with Gasteiger partial charge in [-0.1, -0.05) is 13.2 Å². The summed E-state index contributed by atoms with van der Waals surface area (Å²) >= 11 is 0. The van der Waals surface area contributed by atoms with Gasteiger partial charge in [0.1, 0.15) is 18.2 Å². The number of hydrogen-bond donors (Lipinski definition) is 2. The average Bonchev–Trinajstić information content (AvgIpc) is 2.83. The third kappa shape index (κ3) is 4.77. The summed E-state index contributed by atoms with van der Waals surface area (Å²) in [5.74, 6) is 1.79. The Kier molecular flexibility index (Phi) is 6.21. The molecule has 0 amide bonds. The van der Waals surface area contributed by atoms with Crippen molar-refractivity contribution < 1.29 is 14.3 Å². The maximum absolute atomic E-state index is 12.2. The molecule has 3 heterocycles. The lowest BCUT2D eigenvalue weighted by molar-refractivity contribution is 0.101. The second kappa shape index (κ2) is 9.39. The maximum atomic E-state index is 12.2. The molecule has 0 atom stereocenters. The van der Waals surface area contributed by atoms with Gasteiger partial charge < -0.3 is 25.0 Å². The number of nitrogens with zero attached hydrogens (tertiary/aromatic N) is 4. The van der Waals surface area contributed by atoms with Crippen LogP contribution in [0.15, 0.2) is 67.7 Å². The number of pyridine rings is 1. The number of benzene rings is 1. The van der Waals surface area contributed by atoms with Crippen LogP contribution in [0.2, 0.25) is 0 Å². The Morgan fingerprint density at radius 2 is 2.00 bits per heavy atom. The second-order valence-corrected chi connectivity index (χ2v) is 7.23. The third-order valence-corrected chi connectivity index (χ3v) is 5.04. The number of hydrogen-bond acceptors (Lipinski definition) is 9. The molecule has 9 heteroatoms. The Morgan fingerprint density at radius 1 is 1.18 bits per heavy atom. The van der Waals surface area contributed by atoms with Crippen molar-refractivity contribution in [1.82, 2.24) is 15.0 Å². The Bertz CT molecular complexity index is 1210. The molecule has 3 aromatic rings. The lowest BCUT2D eigenvalue weighted by Crippen LogP contribution is -2.31. The molecule has 168 valence electrons. The molecule has 0 radical (unpaired) electrons. The van der Waals surface area contributed by atoms with Crippen molar-refractivity contribution in [3.63, 3.8) is 0 Å². The second-order valence-electron chi connectivity index (χ2n) is 7.23. The number of rotatable bonds is 8. The van der Waals surface area contributed by atoms with Crippen molar-refractivity contribution in [3.8, 4) is 11.6 Å². The van der Waals surface area contributed by atoms with Crippen molar-refractivity contribution in [1.29, 1.82) is 0 Å². The van der Waals surface area contributed by atoms with Crippen LogP contribution in [0.5, 0.6) is 11.6 Å². The number of allylic oxidation sites excluding steroid dienone is 1. The zero-order chi connectivity index (χ0) is 23.4. The molecule has 2 N–H and O–H groups in total. The minimum Gasteiger partial charge on any atom is -0.490 e. The summed E-state index contributed by atoms with van der Waals surface area (Å²) in [6.07, 6.45) is 4.81. The molecule has 0 bridgehead atoms. The number of carbonyl (C=O) groups excluding carboxylic acids is 1. The minimum atomic E-state index is -0.155. The van der Waals surface area contributed by atoms with Crippen molar-refractivity contribution in [2.45, 2.75) is 6.92 Å². The number of aromatic nitrogens is 3. The van der Waals surface area contributed by atoms with E-state index in [1.54, 1.807) is 31.5 Å². The number of Topliss-reactive ketones (excluding diaryl/α,β-unsaturated/α-hetero) is 1. The van der Waals surface area contributed by atoms with Crippen LogP contribution in [0.1, 0.15) is 17.3 Å². The van der Waals surface area contributed by atoms with Gasteiger partial charge in [0.05, 0.1) is 36.8 Å². The quantitative estimate of drug-likeness (QED) is 0.385. The van der Waals surface area contributed by atoms with E-state index in [2.05, 4.69) is 38.7 Å². The molecule has 1 aromatic carbocycles. The molecule has 0 aliphatic carbocycles. The molecule has 0 saturated carbocycles. The Morgan fingerprint density at radius 3 is 2.70 bits per heavy atom. The van der Waals surface area contributed by atoms with Crippen LogP contribution < -0.4 is 25.0 Å². The fraction of sp³-hybridized carbons (Fsp3) is 0.167. The van der Waals surface area contributed by atoms with Crippen molar-refractivity contribution in [2.75, 3.05) is 35.8 Å². The highest BCUT2D eigenvalue weighted by molar-refractivity contribution is 5.99. The highest BCUT2D eigenvalue weighted by Crippen LogP contribution is 2.37. The molecule has 33 heavy (non-hydrogen) atoms. The van der Waals surface area contributed by atoms with Gasteiger partial charge in [-0.15, -0.1) is 0 Å². The summed E-state index contributed by atoms with van der Waals surface area (Å²) in [5.41, 5.74) is 3.43. The Labute approximate surface area is 191 Å². The lowest BCUT2D eigenvalue weighted by Gasteiger charge is -2.31. The standard InChI is InChI=1S/C24H24N6O3/c1-5-15(2)30-10-11-33-21-8-6-17(12-20(21)30)27-23-19(16(3)31)14-26-24(29-23)28-18-7-9-22(32-4)25-13-18/h5-9,12-14H,1-2,10-11H2,3-4H3,(H2,26,27,28,29). The Hall–Kier alpha value is -4.40. The van der Waals surface area contributed by atoms with Gasteiger partial charge in [-0.2, -0.15) is 4.98 Å². The van der Waals surface area contributed by atoms with Gasteiger partial charge in [-0.3, -0.25) is 4.79 Å². The first-order valence-electron chi connectivity index (χ1n) is 10.3. The largest absolute Gasteiger partial charge is 0.490 e. The van der Waals surface area contributed by atoms with Crippen LogP contribution in [-0.4, -0.2) is 41.0 Å². The number of methoxy groups -OCH3 is 1. The predicted octanol–water partition coefficient (Wildman–Crippen LogP) is 4.47. The summed E-state index contributed by atoms with van der Waals surface area (Å²) in [6.45, 7) is 10.6. The number of carbonyl (C=O) groups is 1. The van der Waals surface area contributed by atoms with E-state index in [0.29, 0.717) is 42.0 Å². The van der Waals surface area contributed by atoms with Gasteiger partial charge in [0.25, 0.3) is 0 Å². The summed E-state index contributed by atoms with van der Waals surface area (Å²) in [6, 6.07) is 9.19. The summed E-state index contributed by atoms with van der Waals surface area (Å²) in [7, 11) is 1.55. The van der Waals surface area contributed by atoms with E-state index in [0.717, 1.165) is 22.8 Å². The van der Waals surface area contributed by atoms with Crippen molar-refractivity contribution in [3.05, 3.63) is 73.2 Å². The molecule has 1 aliphatic heterocycles. The summed E-state index contributed by atoms with van der Waals surface area (Å²) < 4.78 is 10.8. The molecular weight excluding hydrogens is 420 g/mol. The molecular formula is C24H24N6O3. The fourth-order valence-corrected chi connectivity index (χ4v) is 3.34. The van der Waals surface area contributed by atoms with E-state index in [1.807, 2.05) is 23.1 Å². The molecule has 2 aromatic heterocycles. The third-order valence-electron chi connectivity index (χ3n) is 5.04. The van der Waals surface area contributed by atoms with Crippen LogP contribution in [0.3, 0.4) is 0 Å². The van der Waals surface area contributed by atoms with Crippen LogP contribution in [0.25, 0.3) is 0 Å². The van der Waals surface area contributed by atoms with Crippen LogP contribution in [-0.2, 0) is 0 Å². The molecule has 0 unspecified atom stereocenters. The minimum absolute atomic E-state index is 0.155. The predicted molar refractivity (Wildman–Crippen MR) is 128 cm³/mol. The highest BCUT2D eigenvalue weighted by atomic mass is 16.5. The smallest absolute Gasteiger partial charge is 0.229 e. The van der Waals surface area contributed by atoms with Gasteiger partial charge in [0, 0.05) is 23.6 Å². The van der Waals surface area contributed by atoms with Crippen LogP contribution in [0.4, 0.5) is 28.8 Å². The van der Waals surface area contributed by atoms with Gasteiger partial charge in [-0.05, 0) is 37.3 Å². The molecule has 0 spiro atoms. The monoisotopic (exact) mass is 444 g/mol. The van der Waals surface area contributed by atoms with Gasteiger partial charge in [-0.25, -0.2) is 9.97 Å². The van der Waals surface area contributed by atoms with Crippen LogP contribution >= 0.6 is 0 Å². The number of nitrogens with one attached hydrogen (secondary N) is 2. The highest BCUT2D eigenvalue weighted by Gasteiger charge is 2.20. The SMILES string of the molecule is C=CC(=C)N1CCOc2ccc(Nc3nc(Nc4ccc(OC)nc4)ncc3C(C)=O)cc21. The topological polar surface area (TPSA) is 102 Å². The summed E-state index contributed by atoms with van der Waals surface area (Å²) in [4.78, 5) is 27.2. The number of ether oxygens (including phenoxy) is 2. The number of anilines is 5. The molecule has 4 rings (SSSR count).